The number of hydrogen-bond acceptors (Lipinski definition) is 3. The number of fused-ring (bicyclic) bond motifs is 1. The van der Waals surface area contributed by atoms with E-state index in [0.29, 0.717) is 29.9 Å². The molecule has 1 heterocycles. The summed E-state index contributed by atoms with van der Waals surface area (Å²) in [6.07, 6.45) is 2.93. The van der Waals surface area contributed by atoms with Gasteiger partial charge in [-0.15, -0.1) is 6.58 Å². The molecule has 0 atom stereocenters. The lowest BCUT2D eigenvalue weighted by Crippen LogP contribution is -1.97. The fourth-order valence-corrected chi connectivity index (χ4v) is 1.45. The molecule has 0 saturated carbocycles. The molecule has 1 aromatic rings. The van der Waals surface area contributed by atoms with E-state index in [-0.39, 0.29) is 12.6 Å². The summed E-state index contributed by atoms with van der Waals surface area (Å²) >= 11 is 0. The van der Waals surface area contributed by atoms with Crippen LogP contribution in [0.5, 0.6) is 11.5 Å². The Morgan fingerprint density at radius 3 is 3.00 bits per heavy atom. The maximum atomic E-state index is 11.7. The summed E-state index contributed by atoms with van der Waals surface area (Å²) < 4.78 is 10.4. The highest BCUT2D eigenvalue weighted by Gasteiger charge is 2.15. The minimum Gasteiger partial charge on any atom is -0.454 e. The van der Waals surface area contributed by atoms with Crippen LogP contribution < -0.4 is 9.47 Å². The van der Waals surface area contributed by atoms with Gasteiger partial charge in [0.2, 0.25) is 6.79 Å². The van der Waals surface area contributed by atoms with Gasteiger partial charge in [-0.3, -0.25) is 4.79 Å². The largest absolute Gasteiger partial charge is 0.454 e. The predicted molar refractivity (Wildman–Crippen MR) is 56.3 cm³/mol. The van der Waals surface area contributed by atoms with Crippen LogP contribution in [0.4, 0.5) is 0 Å². The lowest BCUT2D eigenvalue weighted by Gasteiger charge is -2.00. The Kier molecular flexibility index (Phi) is 2.72. The maximum Gasteiger partial charge on any atom is 0.231 e. The number of ether oxygens (including phenoxy) is 2. The highest BCUT2D eigenvalue weighted by molar-refractivity contribution is 5.96. The lowest BCUT2D eigenvalue weighted by atomic mass is 10.1. The second kappa shape index (κ2) is 4.17. The number of benzene rings is 1. The quantitative estimate of drug-likeness (QED) is 0.558. The van der Waals surface area contributed by atoms with Gasteiger partial charge in [-0.05, 0) is 24.6 Å². The number of ketones is 1. The first-order valence-corrected chi connectivity index (χ1v) is 4.85. The van der Waals surface area contributed by atoms with Crippen LogP contribution in [-0.4, -0.2) is 12.6 Å². The van der Waals surface area contributed by atoms with Crippen molar-refractivity contribution in [3.05, 3.63) is 36.4 Å². The molecule has 0 fully saturated rings. The average molecular weight is 204 g/mol. The van der Waals surface area contributed by atoms with Crippen LogP contribution in [-0.2, 0) is 0 Å². The molecular weight excluding hydrogens is 192 g/mol. The van der Waals surface area contributed by atoms with Crippen LogP contribution >= 0.6 is 0 Å². The summed E-state index contributed by atoms with van der Waals surface area (Å²) in [7, 11) is 0. The molecule has 0 aliphatic carbocycles. The Morgan fingerprint density at radius 1 is 1.40 bits per heavy atom. The number of carbonyl (C=O) groups is 1. The van der Waals surface area contributed by atoms with E-state index >= 15 is 0 Å². The molecule has 15 heavy (non-hydrogen) atoms. The fraction of sp³-hybridized carbons (Fsp3) is 0.250. The second-order valence-corrected chi connectivity index (χ2v) is 3.32. The third-order valence-electron chi connectivity index (χ3n) is 2.27. The fourth-order valence-electron chi connectivity index (χ4n) is 1.45. The molecule has 1 aliphatic heterocycles. The molecule has 0 amide bonds. The first kappa shape index (κ1) is 9.77. The Morgan fingerprint density at radius 2 is 2.20 bits per heavy atom. The Bertz CT molecular complexity index is 396. The third-order valence-corrected chi connectivity index (χ3v) is 2.27. The van der Waals surface area contributed by atoms with Crippen molar-refractivity contribution in [2.45, 2.75) is 12.8 Å². The van der Waals surface area contributed by atoms with Crippen LogP contribution in [0.3, 0.4) is 0 Å². The maximum absolute atomic E-state index is 11.7. The van der Waals surface area contributed by atoms with Crippen molar-refractivity contribution in [1.29, 1.82) is 0 Å². The number of Topliss-reactive ketones (excluding diaryl/α,β-unsaturated/α-hetero) is 1. The minimum absolute atomic E-state index is 0.105. The van der Waals surface area contributed by atoms with Gasteiger partial charge < -0.3 is 9.47 Å². The summed E-state index contributed by atoms with van der Waals surface area (Å²) in [5.41, 5.74) is 0.668. The van der Waals surface area contributed by atoms with Crippen LogP contribution in [0.2, 0.25) is 0 Å². The molecule has 3 heteroatoms. The van der Waals surface area contributed by atoms with Crippen LogP contribution in [0, 0.1) is 0 Å². The van der Waals surface area contributed by atoms with Gasteiger partial charge in [0.25, 0.3) is 0 Å². The number of hydrogen-bond donors (Lipinski definition) is 0. The third kappa shape index (κ3) is 2.01. The number of carbonyl (C=O) groups excluding carboxylic acids is 1. The molecular formula is C12H12O3. The van der Waals surface area contributed by atoms with Gasteiger partial charge >= 0.3 is 0 Å². The van der Waals surface area contributed by atoms with E-state index in [1.54, 1.807) is 24.3 Å². The SMILES string of the molecule is C=CCCC(=O)c1ccc2c(c1)OCO2. The summed E-state index contributed by atoms with van der Waals surface area (Å²) in [6, 6.07) is 5.26. The zero-order valence-electron chi connectivity index (χ0n) is 8.36. The van der Waals surface area contributed by atoms with Crippen LogP contribution in [0.1, 0.15) is 23.2 Å². The van der Waals surface area contributed by atoms with E-state index in [1.165, 1.54) is 0 Å². The van der Waals surface area contributed by atoms with E-state index in [2.05, 4.69) is 6.58 Å². The van der Waals surface area contributed by atoms with Crippen LogP contribution in [0.25, 0.3) is 0 Å². The van der Waals surface area contributed by atoms with Gasteiger partial charge in [-0.2, -0.15) is 0 Å². The van der Waals surface area contributed by atoms with E-state index in [1.807, 2.05) is 0 Å². The normalized spacial score (nSPS) is 12.5. The van der Waals surface area contributed by atoms with Crippen molar-refractivity contribution < 1.29 is 14.3 Å². The second-order valence-electron chi connectivity index (χ2n) is 3.32. The van der Waals surface area contributed by atoms with Gasteiger partial charge in [0.1, 0.15) is 0 Å². The molecule has 0 spiro atoms. The van der Waals surface area contributed by atoms with E-state index in [0.717, 1.165) is 0 Å². The highest BCUT2D eigenvalue weighted by Crippen LogP contribution is 2.32. The van der Waals surface area contributed by atoms with E-state index < -0.39 is 0 Å². The molecule has 0 radical (unpaired) electrons. The predicted octanol–water partition coefficient (Wildman–Crippen LogP) is 2.56. The highest BCUT2D eigenvalue weighted by atomic mass is 16.7. The van der Waals surface area contributed by atoms with Gasteiger partial charge in [0.15, 0.2) is 17.3 Å². The van der Waals surface area contributed by atoms with Gasteiger partial charge in [-0.1, -0.05) is 6.08 Å². The molecule has 3 nitrogen and oxygen atoms in total. The van der Waals surface area contributed by atoms with Crippen molar-refractivity contribution in [3.63, 3.8) is 0 Å². The minimum atomic E-state index is 0.105. The first-order valence-electron chi connectivity index (χ1n) is 4.85. The smallest absolute Gasteiger partial charge is 0.231 e. The molecule has 0 aromatic heterocycles. The zero-order valence-corrected chi connectivity index (χ0v) is 8.36. The van der Waals surface area contributed by atoms with Crippen LogP contribution in [0.15, 0.2) is 30.9 Å². The molecule has 0 saturated heterocycles. The zero-order chi connectivity index (χ0) is 10.7. The first-order chi connectivity index (χ1) is 7.31. The van der Waals surface area contributed by atoms with Crippen molar-refractivity contribution in [3.8, 4) is 11.5 Å². The van der Waals surface area contributed by atoms with Gasteiger partial charge in [0, 0.05) is 12.0 Å². The molecule has 1 aliphatic rings. The summed E-state index contributed by atoms with van der Waals surface area (Å²) in [5.74, 6) is 1.46. The Balaban J connectivity index is 2.15. The molecule has 1 aromatic carbocycles. The summed E-state index contributed by atoms with van der Waals surface area (Å²) in [6.45, 7) is 3.82. The van der Waals surface area contributed by atoms with E-state index in [4.69, 9.17) is 9.47 Å². The van der Waals surface area contributed by atoms with Crippen molar-refractivity contribution in [2.75, 3.05) is 6.79 Å². The molecule has 0 N–H and O–H groups in total. The summed E-state index contributed by atoms with van der Waals surface area (Å²) in [4.78, 5) is 11.7. The van der Waals surface area contributed by atoms with Crippen molar-refractivity contribution >= 4 is 5.78 Å². The van der Waals surface area contributed by atoms with E-state index in [9.17, 15) is 4.79 Å². The molecule has 2 rings (SSSR count). The Hall–Kier alpha value is -1.77. The summed E-state index contributed by atoms with van der Waals surface area (Å²) in [5, 5.41) is 0. The molecule has 0 unspecified atom stereocenters. The average Bonchev–Trinajstić information content (AvgIpc) is 2.72. The Labute approximate surface area is 88.3 Å². The van der Waals surface area contributed by atoms with Crippen molar-refractivity contribution in [1.82, 2.24) is 0 Å². The number of allylic oxidation sites excluding steroid dienone is 1. The van der Waals surface area contributed by atoms with Gasteiger partial charge in [-0.25, -0.2) is 0 Å². The molecule has 0 bridgehead atoms. The van der Waals surface area contributed by atoms with Gasteiger partial charge in [0.05, 0.1) is 0 Å². The standard InChI is InChI=1S/C12H12O3/c1-2-3-4-10(13)9-5-6-11-12(7-9)15-8-14-11/h2,5-7H,1,3-4,8H2. The van der Waals surface area contributed by atoms with Crippen molar-refractivity contribution in [2.24, 2.45) is 0 Å². The lowest BCUT2D eigenvalue weighted by molar-refractivity contribution is 0.0983. The number of rotatable bonds is 4. The molecule has 78 valence electrons. The monoisotopic (exact) mass is 204 g/mol. The topological polar surface area (TPSA) is 35.5 Å².